The molecule has 2 aliphatic rings. The quantitative estimate of drug-likeness (QED) is 0.625. The summed E-state index contributed by atoms with van der Waals surface area (Å²) in [6.07, 6.45) is 2.16. The molecule has 0 fully saturated rings. The number of allylic oxidation sites excluding steroid dienone is 3. The molecular weight excluding hydrogens is 208 g/mol. The van der Waals surface area contributed by atoms with Crippen molar-refractivity contribution in [1.29, 1.82) is 0 Å². The number of aliphatic hydroxyl groups is 2. The SMILES string of the molecule is CC[C@@]1(O)CCC2=C(C(=O)C=CC2=O)[C@H]1O. The van der Waals surface area contributed by atoms with E-state index >= 15 is 0 Å². The van der Waals surface area contributed by atoms with Crippen LogP contribution in [0, 0.1) is 0 Å². The maximum atomic E-state index is 11.6. The van der Waals surface area contributed by atoms with E-state index in [-0.39, 0.29) is 17.1 Å². The van der Waals surface area contributed by atoms with E-state index in [2.05, 4.69) is 0 Å². The van der Waals surface area contributed by atoms with Gasteiger partial charge in [-0.15, -0.1) is 0 Å². The standard InChI is InChI=1S/C12H14O4/c1-2-12(16)6-5-7-8(13)3-4-9(14)10(7)11(12)15/h3-4,11,15-16H,2,5-6H2,1H3/t11-,12-/m1/s1. The molecule has 2 N–H and O–H groups in total. The smallest absolute Gasteiger partial charge is 0.185 e. The van der Waals surface area contributed by atoms with E-state index in [9.17, 15) is 19.8 Å². The van der Waals surface area contributed by atoms with Crippen LogP contribution in [-0.2, 0) is 9.59 Å². The summed E-state index contributed by atoms with van der Waals surface area (Å²) in [6.45, 7) is 1.75. The Bertz CT molecular complexity index is 419. The maximum absolute atomic E-state index is 11.6. The van der Waals surface area contributed by atoms with E-state index in [1.165, 1.54) is 6.08 Å². The first-order chi connectivity index (χ1) is 7.49. The molecule has 4 heteroatoms. The summed E-state index contributed by atoms with van der Waals surface area (Å²) in [6, 6.07) is 0. The number of rotatable bonds is 1. The van der Waals surface area contributed by atoms with Crippen molar-refractivity contribution in [2.45, 2.75) is 37.9 Å². The summed E-state index contributed by atoms with van der Waals surface area (Å²) in [5.41, 5.74) is -0.832. The Morgan fingerprint density at radius 2 is 2.00 bits per heavy atom. The van der Waals surface area contributed by atoms with Crippen LogP contribution in [-0.4, -0.2) is 33.5 Å². The molecular formula is C12H14O4. The third-order valence-corrected chi connectivity index (χ3v) is 3.48. The van der Waals surface area contributed by atoms with Crippen LogP contribution in [0.5, 0.6) is 0 Å². The Morgan fingerprint density at radius 1 is 1.38 bits per heavy atom. The third kappa shape index (κ3) is 1.45. The van der Waals surface area contributed by atoms with Crippen LogP contribution in [0.25, 0.3) is 0 Å². The highest BCUT2D eigenvalue weighted by atomic mass is 16.3. The topological polar surface area (TPSA) is 74.6 Å². The van der Waals surface area contributed by atoms with Crippen molar-refractivity contribution in [1.82, 2.24) is 0 Å². The lowest BCUT2D eigenvalue weighted by Gasteiger charge is -2.38. The highest BCUT2D eigenvalue weighted by molar-refractivity contribution is 6.20. The molecule has 86 valence electrons. The number of carbonyl (C=O) groups is 2. The Labute approximate surface area is 93.3 Å². The molecule has 0 saturated heterocycles. The molecule has 0 saturated carbocycles. The van der Waals surface area contributed by atoms with Crippen LogP contribution in [0.3, 0.4) is 0 Å². The van der Waals surface area contributed by atoms with Gasteiger partial charge in [0.15, 0.2) is 11.6 Å². The molecule has 2 atom stereocenters. The van der Waals surface area contributed by atoms with Gasteiger partial charge in [0.2, 0.25) is 0 Å². The molecule has 2 rings (SSSR count). The zero-order valence-corrected chi connectivity index (χ0v) is 9.06. The van der Waals surface area contributed by atoms with Crippen LogP contribution in [0.1, 0.15) is 26.2 Å². The highest BCUT2D eigenvalue weighted by Gasteiger charge is 2.44. The van der Waals surface area contributed by atoms with Gasteiger partial charge in [-0.25, -0.2) is 0 Å². The van der Waals surface area contributed by atoms with Gasteiger partial charge in [-0.05, 0) is 31.4 Å². The Morgan fingerprint density at radius 3 is 2.62 bits per heavy atom. The van der Waals surface area contributed by atoms with Gasteiger partial charge < -0.3 is 10.2 Å². The summed E-state index contributed by atoms with van der Waals surface area (Å²) in [4.78, 5) is 23.1. The molecule has 0 heterocycles. The molecule has 0 aromatic carbocycles. The van der Waals surface area contributed by atoms with E-state index < -0.39 is 11.7 Å². The average molecular weight is 222 g/mol. The van der Waals surface area contributed by atoms with Gasteiger partial charge >= 0.3 is 0 Å². The Hall–Kier alpha value is -1.26. The number of hydrogen-bond acceptors (Lipinski definition) is 4. The summed E-state index contributed by atoms with van der Waals surface area (Å²) >= 11 is 0. The monoisotopic (exact) mass is 222 g/mol. The van der Waals surface area contributed by atoms with E-state index in [0.29, 0.717) is 24.8 Å². The number of ketones is 2. The molecule has 0 radical (unpaired) electrons. The lowest BCUT2D eigenvalue weighted by Crippen LogP contribution is -2.48. The van der Waals surface area contributed by atoms with Gasteiger partial charge in [0.05, 0.1) is 5.60 Å². The van der Waals surface area contributed by atoms with Crippen molar-refractivity contribution < 1.29 is 19.8 Å². The Kier molecular flexibility index (Phi) is 2.56. The zero-order chi connectivity index (χ0) is 11.9. The molecule has 2 aliphatic carbocycles. The molecule has 0 amide bonds. The molecule has 4 nitrogen and oxygen atoms in total. The first-order valence-corrected chi connectivity index (χ1v) is 5.40. The van der Waals surface area contributed by atoms with E-state index in [1.54, 1.807) is 6.92 Å². The predicted octanol–water partition coefficient (Wildman–Crippen LogP) is 0.287. The van der Waals surface area contributed by atoms with Gasteiger partial charge in [-0.1, -0.05) is 6.92 Å². The van der Waals surface area contributed by atoms with Crippen molar-refractivity contribution in [3.05, 3.63) is 23.3 Å². The van der Waals surface area contributed by atoms with E-state index in [0.717, 1.165) is 6.08 Å². The second-order valence-electron chi connectivity index (χ2n) is 4.31. The van der Waals surface area contributed by atoms with Crippen molar-refractivity contribution in [3.63, 3.8) is 0 Å². The fourth-order valence-corrected chi connectivity index (χ4v) is 2.30. The zero-order valence-electron chi connectivity index (χ0n) is 9.06. The first kappa shape index (κ1) is 11.2. The average Bonchev–Trinajstić information content (AvgIpc) is 2.28. The van der Waals surface area contributed by atoms with Crippen molar-refractivity contribution in [2.75, 3.05) is 0 Å². The normalized spacial score (nSPS) is 34.3. The van der Waals surface area contributed by atoms with Crippen molar-refractivity contribution in [3.8, 4) is 0 Å². The maximum Gasteiger partial charge on any atom is 0.185 e. The minimum absolute atomic E-state index is 0.0862. The van der Waals surface area contributed by atoms with Gasteiger partial charge in [0, 0.05) is 11.1 Å². The van der Waals surface area contributed by atoms with E-state index in [1.807, 2.05) is 0 Å². The molecule has 0 aromatic rings. The third-order valence-electron chi connectivity index (χ3n) is 3.48. The van der Waals surface area contributed by atoms with Crippen LogP contribution in [0.15, 0.2) is 23.3 Å². The molecule has 0 spiro atoms. The minimum Gasteiger partial charge on any atom is -0.387 e. The van der Waals surface area contributed by atoms with Crippen LogP contribution >= 0.6 is 0 Å². The Balaban J connectivity index is 2.47. The van der Waals surface area contributed by atoms with Gasteiger partial charge in [0.1, 0.15) is 6.10 Å². The molecule has 0 aliphatic heterocycles. The van der Waals surface area contributed by atoms with Gasteiger partial charge in [-0.2, -0.15) is 0 Å². The van der Waals surface area contributed by atoms with Crippen molar-refractivity contribution in [2.24, 2.45) is 0 Å². The predicted molar refractivity (Wildman–Crippen MR) is 56.7 cm³/mol. The van der Waals surface area contributed by atoms with Gasteiger partial charge in [-0.3, -0.25) is 9.59 Å². The first-order valence-electron chi connectivity index (χ1n) is 5.40. The lowest BCUT2D eigenvalue weighted by molar-refractivity contribution is -0.121. The summed E-state index contributed by atoms with van der Waals surface area (Å²) < 4.78 is 0. The fraction of sp³-hybridized carbons (Fsp3) is 0.500. The molecule has 0 aromatic heterocycles. The second-order valence-corrected chi connectivity index (χ2v) is 4.31. The second kappa shape index (κ2) is 3.64. The fourth-order valence-electron chi connectivity index (χ4n) is 2.30. The van der Waals surface area contributed by atoms with Crippen LogP contribution < -0.4 is 0 Å². The van der Waals surface area contributed by atoms with Crippen molar-refractivity contribution >= 4 is 11.6 Å². The van der Waals surface area contributed by atoms with Gasteiger partial charge in [0.25, 0.3) is 0 Å². The minimum atomic E-state index is -1.28. The number of aliphatic hydroxyl groups excluding tert-OH is 1. The molecule has 0 bridgehead atoms. The largest absolute Gasteiger partial charge is 0.387 e. The van der Waals surface area contributed by atoms with Crippen LogP contribution in [0.2, 0.25) is 0 Å². The summed E-state index contributed by atoms with van der Waals surface area (Å²) in [5.74, 6) is -0.597. The summed E-state index contributed by atoms with van der Waals surface area (Å²) in [5, 5.41) is 20.1. The van der Waals surface area contributed by atoms with Crippen LogP contribution in [0.4, 0.5) is 0 Å². The molecule has 16 heavy (non-hydrogen) atoms. The number of hydrogen-bond donors (Lipinski definition) is 2. The molecule has 0 unspecified atom stereocenters. The number of carbonyl (C=O) groups excluding carboxylic acids is 2. The highest BCUT2D eigenvalue weighted by Crippen LogP contribution is 2.37. The van der Waals surface area contributed by atoms with E-state index in [4.69, 9.17) is 0 Å². The lowest BCUT2D eigenvalue weighted by atomic mass is 9.73. The summed E-state index contributed by atoms with van der Waals surface area (Å²) in [7, 11) is 0.